The number of benzene rings is 3. The maximum atomic E-state index is 3.55. The van der Waals surface area contributed by atoms with Crippen LogP contribution in [0.3, 0.4) is 0 Å². The Morgan fingerprint density at radius 3 is 2.11 bits per heavy atom. The molecule has 4 rings (SSSR count). The quantitative estimate of drug-likeness (QED) is 0.284. The van der Waals surface area contributed by atoms with Crippen LogP contribution < -0.4 is 0 Å². The molecule has 0 saturated carbocycles. The van der Waals surface area contributed by atoms with E-state index in [-0.39, 0.29) is 5.92 Å². The predicted octanol–water partition coefficient (Wildman–Crippen LogP) is 7.55. The van der Waals surface area contributed by atoms with Crippen LogP contribution in [-0.2, 0) is 7.05 Å². The number of halogens is 2. The minimum atomic E-state index is 0.180. The van der Waals surface area contributed by atoms with Crippen LogP contribution in [0.1, 0.15) is 22.7 Å². The van der Waals surface area contributed by atoms with Crippen molar-refractivity contribution in [2.75, 3.05) is 0 Å². The van der Waals surface area contributed by atoms with Crippen molar-refractivity contribution in [1.82, 2.24) is 4.57 Å². The summed E-state index contributed by atoms with van der Waals surface area (Å²) >= 11 is 7.05. The summed E-state index contributed by atoms with van der Waals surface area (Å²) in [5, 5.41) is 1.27. The lowest BCUT2D eigenvalue weighted by atomic mass is 9.94. The summed E-state index contributed by atoms with van der Waals surface area (Å²) < 4.78 is 4.49. The van der Waals surface area contributed by atoms with Gasteiger partial charge in [-0.3, -0.25) is 0 Å². The Bertz CT molecular complexity index is 1090. The summed E-state index contributed by atoms with van der Waals surface area (Å²) in [7, 11) is 2.15. The first-order chi connectivity index (χ1) is 13.1. The molecule has 0 fully saturated rings. The molecule has 27 heavy (non-hydrogen) atoms. The summed E-state index contributed by atoms with van der Waals surface area (Å²) in [5.74, 6) is 0.180. The lowest BCUT2D eigenvalue weighted by Crippen LogP contribution is -2.04. The van der Waals surface area contributed by atoms with Crippen molar-refractivity contribution >= 4 is 48.8 Å². The summed E-state index contributed by atoms with van der Waals surface area (Å²) in [6, 6.07) is 27.8. The third kappa shape index (κ3) is 3.95. The maximum absolute atomic E-state index is 3.55. The molecule has 0 aliphatic heterocycles. The van der Waals surface area contributed by atoms with Crippen molar-refractivity contribution < 1.29 is 0 Å². The van der Waals surface area contributed by atoms with E-state index >= 15 is 0 Å². The maximum Gasteiger partial charge on any atom is 0.0480 e. The van der Waals surface area contributed by atoms with E-state index < -0.39 is 0 Å². The minimum absolute atomic E-state index is 0.180. The van der Waals surface area contributed by atoms with E-state index in [9.17, 15) is 0 Å². The zero-order chi connectivity index (χ0) is 18.8. The molecule has 0 radical (unpaired) electrons. The third-order valence-corrected chi connectivity index (χ3v) is 5.95. The third-order valence-electron chi connectivity index (χ3n) is 4.89. The summed E-state index contributed by atoms with van der Waals surface area (Å²) in [4.78, 5) is 0. The zero-order valence-corrected chi connectivity index (χ0v) is 18.1. The van der Waals surface area contributed by atoms with Gasteiger partial charge in [0.15, 0.2) is 0 Å². The van der Waals surface area contributed by atoms with E-state index in [0.29, 0.717) is 0 Å². The van der Waals surface area contributed by atoms with Gasteiger partial charge in [0, 0.05) is 33.1 Å². The predicted molar refractivity (Wildman–Crippen MR) is 122 cm³/mol. The van der Waals surface area contributed by atoms with Crippen molar-refractivity contribution in [3.05, 3.63) is 111 Å². The molecule has 0 amide bonds. The van der Waals surface area contributed by atoms with Gasteiger partial charge in [-0.1, -0.05) is 86.5 Å². The lowest BCUT2D eigenvalue weighted by Gasteiger charge is -2.16. The molecule has 0 saturated heterocycles. The molecule has 0 bridgehead atoms. The number of aryl methyl sites for hydroxylation is 1. The first kappa shape index (κ1) is 18.3. The van der Waals surface area contributed by atoms with Gasteiger partial charge in [-0.2, -0.15) is 0 Å². The van der Waals surface area contributed by atoms with Crippen molar-refractivity contribution in [2.24, 2.45) is 7.05 Å². The van der Waals surface area contributed by atoms with Crippen molar-refractivity contribution in [3.63, 3.8) is 0 Å². The van der Waals surface area contributed by atoms with Crippen molar-refractivity contribution in [2.45, 2.75) is 5.92 Å². The number of hydrogen-bond donors (Lipinski definition) is 0. The number of aromatic nitrogens is 1. The molecule has 0 aliphatic carbocycles. The smallest absolute Gasteiger partial charge is 0.0480 e. The fourth-order valence-corrected chi connectivity index (χ4v) is 3.97. The van der Waals surface area contributed by atoms with Crippen molar-refractivity contribution in [1.29, 1.82) is 0 Å². The summed E-state index contributed by atoms with van der Waals surface area (Å²) in [5.41, 5.74) is 5.01. The highest BCUT2D eigenvalue weighted by Gasteiger charge is 2.16. The number of nitrogens with zero attached hydrogens (tertiary/aromatic N) is 1. The second-order valence-corrected chi connectivity index (χ2v) is 8.46. The van der Waals surface area contributed by atoms with Gasteiger partial charge in [0.05, 0.1) is 0 Å². The topological polar surface area (TPSA) is 4.93 Å². The average Bonchev–Trinajstić information content (AvgIpc) is 3.02. The lowest BCUT2D eigenvalue weighted by molar-refractivity contribution is 0.833. The highest BCUT2D eigenvalue weighted by Crippen LogP contribution is 2.32. The van der Waals surface area contributed by atoms with Gasteiger partial charge in [0.1, 0.15) is 0 Å². The number of fused-ring (bicyclic) bond motifs is 1. The van der Waals surface area contributed by atoms with Gasteiger partial charge in [-0.05, 0) is 52.9 Å². The molecule has 3 heteroatoms. The van der Waals surface area contributed by atoms with E-state index in [0.717, 1.165) is 8.95 Å². The molecule has 1 atom stereocenters. The van der Waals surface area contributed by atoms with E-state index in [1.807, 2.05) is 0 Å². The van der Waals surface area contributed by atoms with Crippen LogP contribution >= 0.6 is 31.9 Å². The van der Waals surface area contributed by atoms with Crippen LogP contribution in [0, 0.1) is 0 Å². The molecule has 1 nitrogen and oxygen atoms in total. The first-order valence-electron chi connectivity index (χ1n) is 8.85. The normalized spacial score (nSPS) is 12.7. The highest BCUT2D eigenvalue weighted by atomic mass is 79.9. The Morgan fingerprint density at radius 2 is 1.44 bits per heavy atom. The van der Waals surface area contributed by atoms with Crippen LogP contribution in [0.25, 0.3) is 17.0 Å². The van der Waals surface area contributed by atoms with Crippen LogP contribution in [0.4, 0.5) is 0 Å². The Morgan fingerprint density at radius 1 is 0.815 bits per heavy atom. The molecular weight excluding hydrogens is 462 g/mol. The first-order valence-corrected chi connectivity index (χ1v) is 10.4. The minimum Gasteiger partial charge on any atom is -0.347 e. The van der Waals surface area contributed by atoms with Gasteiger partial charge in [-0.15, -0.1) is 0 Å². The number of allylic oxidation sites excluding steroid dienone is 1. The Kier molecular flexibility index (Phi) is 5.33. The number of para-hydroxylation sites is 1. The summed E-state index contributed by atoms with van der Waals surface area (Å²) in [6.07, 6.45) is 4.50. The van der Waals surface area contributed by atoms with Gasteiger partial charge >= 0.3 is 0 Å². The largest absolute Gasteiger partial charge is 0.347 e. The van der Waals surface area contributed by atoms with E-state index in [1.165, 1.54) is 27.7 Å². The highest BCUT2D eigenvalue weighted by molar-refractivity contribution is 9.10. The van der Waals surface area contributed by atoms with Gasteiger partial charge < -0.3 is 4.57 Å². The molecule has 3 aromatic carbocycles. The van der Waals surface area contributed by atoms with E-state index in [4.69, 9.17) is 0 Å². The second kappa shape index (κ2) is 7.87. The Hall–Kier alpha value is -2.10. The molecule has 0 aliphatic rings. The van der Waals surface area contributed by atoms with Crippen LogP contribution in [0.5, 0.6) is 0 Å². The Labute approximate surface area is 176 Å². The van der Waals surface area contributed by atoms with E-state index in [2.05, 4.69) is 134 Å². The van der Waals surface area contributed by atoms with E-state index in [1.54, 1.807) is 0 Å². The monoisotopic (exact) mass is 479 g/mol. The SMILES string of the molecule is Cn1c(C(/C=C/c2ccc(Br)cc2)c2ccc(Br)cc2)cc2ccccc21. The molecule has 0 N–H and O–H groups in total. The fourth-order valence-electron chi connectivity index (χ4n) is 3.44. The van der Waals surface area contributed by atoms with Gasteiger partial charge in [-0.25, -0.2) is 0 Å². The van der Waals surface area contributed by atoms with Gasteiger partial charge in [0.25, 0.3) is 0 Å². The number of hydrogen-bond acceptors (Lipinski definition) is 0. The number of rotatable bonds is 4. The average molecular weight is 481 g/mol. The molecule has 0 spiro atoms. The molecule has 1 heterocycles. The van der Waals surface area contributed by atoms with Crippen LogP contribution in [0.15, 0.2) is 93.9 Å². The second-order valence-electron chi connectivity index (χ2n) is 6.63. The standard InChI is InChI=1S/C24H19Br2N/c1-27-23-5-3-2-4-19(23)16-24(27)22(18-9-13-21(26)14-10-18)15-8-17-6-11-20(25)12-7-17/h2-16,22H,1H3/b15-8+. The molecular formula is C24H19Br2N. The van der Waals surface area contributed by atoms with Gasteiger partial charge in [0.2, 0.25) is 0 Å². The molecule has 1 aromatic heterocycles. The van der Waals surface area contributed by atoms with Crippen LogP contribution in [0.2, 0.25) is 0 Å². The summed E-state index contributed by atoms with van der Waals surface area (Å²) in [6.45, 7) is 0. The molecule has 1 unspecified atom stereocenters. The molecule has 4 aromatic rings. The van der Waals surface area contributed by atoms with Crippen LogP contribution in [-0.4, -0.2) is 4.57 Å². The Balaban J connectivity index is 1.81. The zero-order valence-electron chi connectivity index (χ0n) is 14.9. The molecule has 134 valence electrons. The fraction of sp³-hybridized carbons (Fsp3) is 0.0833. The van der Waals surface area contributed by atoms with Crippen molar-refractivity contribution in [3.8, 4) is 0 Å².